The lowest BCUT2D eigenvalue weighted by atomic mass is 9.77. The van der Waals surface area contributed by atoms with E-state index in [1.54, 1.807) is 0 Å². The summed E-state index contributed by atoms with van der Waals surface area (Å²) < 4.78 is 0. The van der Waals surface area contributed by atoms with Crippen LogP contribution in [0.25, 0.3) is 0 Å². The van der Waals surface area contributed by atoms with Crippen molar-refractivity contribution in [2.24, 2.45) is 5.41 Å². The van der Waals surface area contributed by atoms with E-state index in [9.17, 15) is 0 Å². The molecule has 1 N–H and O–H groups in total. The normalized spacial score (nSPS) is 36.2. The van der Waals surface area contributed by atoms with Gasteiger partial charge in [0.25, 0.3) is 0 Å². The molecule has 2 rings (SSSR count). The lowest BCUT2D eigenvalue weighted by Crippen LogP contribution is -2.55. The third kappa shape index (κ3) is 2.93. The zero-order valence-corrected chi connectivity index (χ0v) is 11.8. The average Bonchev–Trinajstić information content (AvgIpc) is 2.24. The van der Waals surface area contributed by atoms with Crippen LogP contribution in [0.2, 0.25) is 0 Å². The third-order valence-electron chi connectivity index (χ3n) is 4.25. The molecule has 0 aromatic carbocycles. The van der Waals surface area contributed by atoms with Crippen LogP contribution in [0.5, 0.6) is 0 Å². The Morgan fingerprint density at radius 2 is 2.25 bits per heavy atom. The highest BCUT2D eigenvalue weighted by Gasteiger charge is 2.34. The molecule has 3 heteroatoms. The van der Waals surface area contributed by atoms with Gasteiger partial charge in [-0.2, -0.15) is 11.8 Å². The zero-order valence-electron chi connectivity index (χ0n) is 11.0. The SMILES string of the molecule is CC1CSCCN1CC1NCCCC1(C)C. The van der Waals surface area contributed by atoms with E-state index in [-0.39, 0.29) is 0 Å². The molecular formula is C13H26N2S. The van der Waals surface area contributed by atoms with E-state index in [4.69, 9.17) is 0 Å². The van der Waals surface area contributed by atoms with Crippen molar-refractivity contribution in [3.63, 3.8) is 0 Å². The van der Waals surface area contributed by atoms with E-state index in [2.05, 4.69) is 42.7 Å². The number of piperidine rings is 1. The second kappa shape index (κ2) is 5.28. The molecule has 0 aromatic rings. The number of nitrogens with zero attached hydrogens (tertiary/aromatic N) is 1. The average molecular weight is 242 g/mol. The summed E-state index contributed by atoms with van der Waals surface area (Å²) in [6.45, 7) is 11.0. The Morgan fingerprint density at radius 1 is 1.44 bits per heavy atom. The van der Waals surface area contributed by atoms with Crippen LogP contribution in [0.3, 0.4) is 0 Å². The second-order valence-corrected chi connectivity index (χ2v) is 7.17. The van der Waals surface area contributed by atoms with Crippen molar-refractivity contribution in [3.05, 3.63) is 0 Å². The van der Waals surface area contributed by atoms with Crippen molar-refractivity contribution in [2.45, 2.75) is 45.7 Å². The highest BCUT2D eigenvalue weighted by Crippen LogP contribution is 2.31. The third-order valence-corrected chi connectivity index (χ3v) is 5.44. The number of nitrogens with one attached hydrogen (secondary N) is 1. The highest BCUT2D eigenvalue weighted by molar-refractivity contribution is 7.99. The minimum absolute atomic E-state index is 0.475. The van der Waals surface area contributed by atoms with Gasteiger partial charge in [-0.1, -0.05) is 13.8 Å². The standard InChI is InChI=1S/C13H26N2S/c1-11-10-16-8-7-15(11)9-12-13(2,3)5-4-6-14-12/h11-12,14H,4-10H2,1-3H3. The molecule has 2 aliphatic heterocycles. The first-order chi connectivity index (χ1) is 7.59. The Hall–Kier alpha value is 0.270. The van der Waals surface area contributed by atoms with Gasteiger partial charge in [0.2, 0.25) is 0 Å². The van der Waals surface area contributed by atoms with Crippen molar-refractivity contribution < 1.29 is 0 Å². The minimum Gasteiger partial charge on any atom is -0.312 e. The van der Waals surface area contributed by atoms with Crippen LogP contribution in [0.4, 0.5) is 0 Å². The fraction of sp³-hybridized carbons (Fsp3) is 1.00. The van der Waals surface area contributed by atoms with Crippen molar-refractivity contribution in [1.82, 2.24) is 10.2 Å². The summed E-state index contributed by atoms with van der Waals surface area (Å²) >= 11 is 2.11. The summed E-state index contributed by atoms with van der Waals surface area (Å²) in [4.78, 5) is 2.68. The van der Waals surface area contributed by atoms with Gasteiger partial charge in [-0.25, -0.2) is 0 Å². The number of hydrogen-bond donors (Lipinski definition) is 1. The Morgan fingerprint density at radius 3 is 2.94 bits per heavy atom. The molecule has 2 heterocycles. The van der Waals surface area contributed by atoms with Crippen LogP contribution < -0.4 is 5.32 Å². The fourth-order valence-electron chi connectivity index (χ4n) is 2.85. The Bertz CT molecular complexity index is 230. The lowest BCUT2D eigenvalue weighted by molar-refractivity contribution is 0.113. The van der Waals surface area contributed by atoms with Gasteiger partial charge in [0, 0.05) is 36.7 Å². The lowest BCUT2D eigenvalue weighted by Gasteiger charge is -2.44. The maximum absolute atomic E-state index is 3.73. The van der Waals surface area contributed by atoms with Gasteiger partial charge in [-0.05, 0) is 31.7 Å². The molecule has 0 bridgehead atoms. The van der Waals surface area contributed by atoms with Gasteiger partial charge in [0.15, 0.2) is 0 Å². The van der Waals surface area contributed by atoms with E-state index < -0.39 is 0 Å². The minimum atomic E-state index is 0.475. The molecule has 2 aliphatic rings. The van der Waals surface area contributed by atoms with Crippen LogP contribution in [-0.4, -0.2) is 48.1 Å². The number of hydrogen-bond acceptors (Lipinski definition) is 3. The van der Waals surface area contributed by atoms with E-state index in [0.717, 1.165) is 6.04 Å². The maximum Gasteiger partial charge on any atom is 0.0246 e. The predicted molar refractivity (Wildman–Crippen MR) is 73.2 cm³/mol. The van der Waals surface area contributed by atoms with Crippen molar-refractivity contribution in [3.8, 4) is 0 Å². The molecule has 0 saturated carbocycles. The summed E-state index contributed by atoms with van der Waals surface area (Å²) in [6, 6.07) is 1.45. The molecule has 2 saturated heterocycles. The molecule has 2 unspecified atom stereocenters. The Balaban J connectivity index is 1.91. The smallest absolute Gasteiger partial charge is 0.0246 e. The molecule has 16 heavy (non-hydrogen) atoms. The zero-order chi connectivity index (χ0) is 11.6. The monoisotopic (exact) mass is 242 g/mol. The number of thioether (sulfide) groups is 1. The summed E-state index contributed by atoms with van der Waals surface area (Å²) in [5.74, 6) is 2.63. The van der Waals surface area contributed by atoms with E-state index in [1.807, 2.05) is 0 Å². The summed E-state index contributed by atoms with van der Waals surface area (Å²) in [7, 11) is 0. The summed E-state index contributed by atoms with van der Waals surface area (Å²) in [6.07, 6.45) is 2.72. The van der Waals surface area contributed by atoms with E-state index in [0.29, 0.717) is 11.5 Å². The van der Waals surface area contributed by atoms with Crippen molar-refractivity contribution >= 4 is 11.8 Å². The van der Waals surface area contributed by atoms with Gasteiger partial charge < -0.3 is 5.32 Å². The van der Waals surface area contributed by atoms with E-state index >= 15 is 0 Å². The topological polar surface area (TPSA) is 15.3 Å². The van der Waals surface area contributed by atoms with Gasteiger partial charge in [0.05, 0.1) is 0 Å². The summed E-state index contributed by atoms with van der Waals surface area (Å²) in [5.41, 5.74) is 0.475. The van der Waals surface area contributed by atoms with Gasteiger partial charge in [-0.3, -0.25) is 4.90 Å². The van der Waals surface area contributed by atoms with Crippen molar-refractivity contribution in [1.29, 1.82) is 0 Å². The number of rotatable bonds is 2. The van der Waals surface area contributed by atoms with Crippen LogP contribution in [-0.2, 0) is 0 Å². The van der Waals surface area contributed by atoms with Crippen LogP contribution in [0, 0.1) is 5.41 Å². The van der Waals surface area contributed by atoms with Gasteiger partial charge in [-0.15, -0.1) is 0 Å². The molecule has 2 nitrogen and oxygen atoms in total. The molecule has 0 amide bonds. The molecule has 2 atom stereocenters. The highest BCUT2D eigenvalue weighted by atomic mass is 32.2. The molecular weight excluding hydrogens is 216 g/mol. The molecule has 2 fully saturated rings. The predicted octanol–water partition coefficient (Wildman–Crippen LogP) is 2.20. The Kier molecular flexibility index (Phi) is 4.20. The first-order valence-corrected chi connectivity index (χ1v) is 7.80. The van der Waals surface area contributed by atoms with Crippen LogP contribution >= 0.6 is 11.8 Å². The first-order valence-electron chi connectivity index (χ1n) is 6.65. The van der Waals surface area contributed by atoms with Gasteiger partial charge >= 0.3 is 0 Å². The van der Waals surface area contributed by atoms with E-state index in [1.165, 1.54) is 44.0 Å². The molecule has 0 aromatic heterocycles. The van der Waals surface area contributed by atoms with Gasteiger partial charge in [0.1, 0.15) is 0 Å². The van der Waals surface area contributed by atoms with Crippen LogP contribution in [0.15, 0.2) is 0 Å². The second-order valence-electron chi connectivity index (χ2n) is 6.02. The summed E-state index contributed by atoms with van der Waals surface area (Å²) in [5, 5.41) is 3.73. The largest absolute Gasteiger partial charge is 0.312 e. The van der Waals surface area contributed by atoms with Crippen LogP contribution in [0.1, 0.15) is 33.6 Å². The first kappa shape index (κ1) is 12.7. The Labute approximate surface area is 105 Å². The molecule has 0 radical (unpaired) electrons. The van der Waals surface area contributed by atoms with Crippen molar-refractivity contribution in [2.75, 3.05) is 31.1 Å². The molecule has 0 aliphatic carbocycles. The molecule has 0 spiro atoms. The maximum atomic E-state index is 3.73. The fourth-order valence-corrected chi connectivity index (χ4v) is 3.93. The molecule has 94 valence electrons. The quantitative estimate of drug-likeness (QED) is 0.799.